The SMILES string of the molecule is Cc1cnc2cc(-c3ccc(C(C)C)cc3)oc2c1. The lowest BCUT2D eigenvalue weighted by Crippen LogP contribution is -1.85. The number of benzene rings is 1. The van der Waals surface area contributed by atoms with Gasteiger partial charge < -0.3 is 4.42 Å². The van der Waals surface area contributed by atoms with E-state index in [9.17, 15) is 0 Å². The summed E-state index contributed by atoms with van der Waals surface area (Å²) in [5.74, 6) is 1.43. The highest BCUT2D eigenvalue weighted by Crippen LogP contribution is 2.28. The Balaban J connectivity index is 2.03. The van der Waals surface area contributed by atoms with Gasteiger partial charge >= 0.3 is 0 Å². The molecule has 2 heterocycles. The molecule has 0 bridgehead atoms. The predicted molar refractivity (Wildman–Crippen MR) is 78.3 cm³/mol. The Bertz CT molecular complexity index is 708. The van der Waals surface area contributed by atoms with Gasteiger partial charge in [0, 0.05) is 17.8 Å². The Labute approximate surface area is 113 Å². The second kappa shape index (κ2) is 4.54. The van der Waals surface area contributed by atoms with Crippen molar-refractivity contribution in [1.29, 1.82) is 0 Å². The molecule has 0 aliphatic heterocycles. The third kappa shape index (κ3) is 2.26. The average molecular weight is 251 g/mol. The Kier molecular flexibility index (Phi) is 2.86. The van der Waals surface area contributed by atoms with Crippen LogP contribution in [0.5, 0.6) is 0 Å². The quantitative estimate of drug-likeness (QED) is 0.645. The smallest absolute Gasteiger partial charge is 0.153 e. The molecule has 0 radical (unpaired) electrons. The maximum atomic E-state index is 5.87. The zero-order valence-corrected chi connectivity index (χ0v) is 11.5. The Morgan fingerprint density at radius 1 is 1.05 bits per heavy atom. The predicted octanol–water partition coefficient (Wildman–Crippen LogP) is 4.93. The van der Waals surface area contributed by atoms with Crippen molar-refractivity contribution in [3.8, 4) is 11.3 Å². The monoisotopic (exact) mass is 251 g/mol. The molecule has 0 atom stereocenters. The van der Waals surface area contributed by atoms with E-state index in [2.05, 4.69) is 43.1 Å². The van der Waals surface area contributed by atoms with Crippen LogP contribution in [0.4, 0.5) is 0 Å². The fourth-order valence-electron chi connectivity index (χ4n) is 2.19. The second-order valence-electron chi connectivity index (χ2n) is 5.28. The van der Waals surface area contributed by atoms with E-state index in [1.54, 1.807) is 0 Å². The van der Waals surface area contributed by atoms with Crippen molar-refractivity contribution in [2.24, 2.45) is 0 Å². The highest BCUT2D eigenvalue weighted by molar-refractivity contribution is 5.79. The number of nitrogens with zero attached hydrogens (tertiary/aromatic N) is 1. The summed E-state index contributed by atoms with van der Waals surface area (Å²) >= 11 is 0. The number of furan rings is 1. The standard InChI is InChI=1S/C17H17NO/c1-11(2)13-4-6-14(7-5-13)16-9-15-17(19-16)8-12(3)10-18-15/h4-11H,1-3H3. The van der Waals surface area contributed by atoms with Gasteiger partial charge in [0.25, 0.3) is 0 Å². The first-order valence-electron chi connectivity index (χ1n) is 6.60. The molecule has 2 heteroatoms. The number of hydrogen-bond acceptors (Lipinski definition) is 2. The van der Waals surface area contributed by atoms with E-state index >= 15 is 0 Å². The summed E-state index contributed by atoms with van der Waals surface area (Å²) < 4.78 is 5.87. The average Bonchev–Trinajstić information content (AvgIpc) is 2.81. The van der Waals surface area contributed by atoms with Crippen molar-refractivity contribution >= 4 is 11.1 Å². The molecule has 19 heavy (non-hydrogen) atoms. The van der Waals surface area contributed by atoms with Gasteiger partial charge in [0.2, 0.25) is 0 Å². The van der Waals surface area contributed by atoms with Crippen molar-refractivity contribution in [1.82, 2.24) is 4.98 Å². The van der Waals surface area contributed by atoms with Gasteiger partial charge in [-0.2, -0.15) is 0 Å². The number of rotatable bonds is 2. The molecule has 1 aromatic carbocycles. The van der Waals surface area contributed by atoms with Gasteiger partial charge in [0.05, 0.1) is 0 Å². The van der Waals surface area contributed by atoms with Crippen LogP contribution in [0.25, 0.3) is 22.4 Å². The Hall–Kier alpha value is -2.09. The molecule has 96 valence electrons. The molecule has 3 aromatic rings. The van der Waals surface area contributed by atoms with Crippen LogP contribution in [-0.2, 0) is 0 Å². The van der Waals surface area contributed by atoms with Crippen molar-refractivity contribution in [2.45, 2.75) is 26.7 Å². The molecular weight excluding hydrogens is 234 g/mol. The number of hydrogen-bond donors (Lipinski definition) is 0. The first-order chi connectivity index (χ1) is 9.13. The number of aromatic nitrogens is 1. The maximum Gasteiger partial charge on any atom is 0.153 e. The summed E-state index contributed by atoms with van der Waals surface area (Å²) in [6, 6.07) is 12.6. The number of fused-ring (bicyclic) bond motifs is 1. The lowest BCUT2D eigenvalue weighted by molar-refractivity contribution is 0.630. The molecule has 2 aromatic heterocycles. The zero-order valence-electron chi connectivity index (χ0n) is 11.5. The highest BCUT2D eigenvalue weighted by atomic mass is 16.3. The summed E-state index contributed by atoms with van der Waals surface area (Å²) in [6.07, 6.45) is 1.86. The summed E-state index contributed by atoms with van der Waals surface area (Å²) in [4.78, 5) is 4.38. The zero-order chi connectivity index (χ0) is 13.4. The van der Waals surface area contributed by atoms with Crippen molar-refractivity contribution in [3.05, 3.63) is 53.7 Å². The van der Waals surface area contributed by atoms with Crippen LogP contribution in [0.1, 0.15) is 30.9 Å². The van der Waals surface area contributed by atoms with Crippen LogP contribution < -0.4 is 0 Å². The summed E-state index contributed by atoms with van der Waals surface area (Å²) in [5, 5.41) is 0. The van der Waals surface area contributed by atoms with Crippen LogP contribution in [0.2, 0.25) is 0 Å². The fourth-order valence-corrected chi connectivity index (χ4v) is 2.19. The van der Waals surface area contributed by atoms with E-state index in [0.29, 0.717) is 5.92 Å². The highest BCUT2D eigenvalue weighted by Gasteiger charge is 2.08. The van der Waals surface area contributed by atoms with Crippen LogP contribution in [0, 0.1) is 6.92 Å². The minimum Gasteiger partial charge on any atom is -0.454 e. The van der Waals surface area contributed by atoms with Crippen LogP contribution in [0.3, 0.4) is 0 Å². The van der Waals surface area contributed by atoms with Crippen molar-refractivity contribution in [3.63, 3.8) is 0 Å². The molecule has 0 N–H and O–H groups in total. The molecule has 0 unspecified atom stereocenters. The number of pyridine rings is 1. The number of aryl methyl sites for hydroxylation is 1. The molecule has 0 fully saturated rings. The van der Waals surface area contributed by atoms with Crippen LogP contribution >= 0.6 is 0 Å². The van der Waals surface area contributed by atoms with E-state index in [1.807, 2.05) is 25.3 Å². The van der Waals surface area contributed by atoms with Gasteiger partial charge in [0.1, 0.15) is 11.3 Å². The van der Waals surface area contributed by atoms with Gasteiger partial charge in [-0.15, -0.1) is 0 Å². The molecule has 3 rings (SSSR count). The molecule has 0 saturated carbocycles. The molecule has 0 saturated heterocycles. The Morgan fingerprint density at radius 3 is 2.47 bits per heavy atom. The van der Waals surface area contributed by atoms with Gasteiger partial charge in [-0.25, -0.2) is 0 Å². The van der Waals surface area contributed by atoms with Gasteiger partial charge in [-0.05, 0) is 30.0 Å². The largest absolute Gasteiger partial charge is 0.454 e. The minimum absolute atomic E-state index is 0.550. The third-order valence-electron chi connectivity index (χ3n) is 3.37. The molecular formula is C17H17NO. The third-order valence-corrected chi connectivity index (χ3v) is 3.37. The summed E-state index contributed by atoms with van der Waals surface area (Å²) in [6.45, 7) is 6.41. The first kappa shape index (κ1) is 12.0. The lowest BCUT2D eigenvalue weighted by atomic mass is 10.0. The molecule has 0 aliphatic carbocycles. The maximum absolute atomic E-state index is 5.87. The van der Waals surface area contributed by atoms with E-state index in [0.717, 1.165) is 28.0 Å². The lowest BCUT2D eigenvalue weighted by Gasteiger charge is -2.05. The molecule has 0 spiro atoms. The van der Waals surface area contributed by atoms with Crippen LogP contribution in [-0.4, -0.2) is 4.98 Å². The van der Waals surface area contributed by atoms with Gasteiger partial charge in [-0.3, -0.25) is 4.98 Å². The summed E-state index contributed by atoms with van der Waals surface area (Å²) in [7, 11) is 0. The van der Waals surface area contributed by atoms with Gasteiger partial charge in [-0.1, -0.05) is 38.1 Å². The van der Waals surface area contributed by atoms with E-state index in [-0.39, 0.29) is 0 Å². The minimum atomic E-state index is 0.550. The summed E-state index contributed by atoms with van der Waals surface area (Å²) in [5.41, 5.74) is 5.31. The fraction of sp³-hybridized carbons (Fsp3) is 0.235. The van der Waals surface area contributed by atoms with E-state index in [4.69, 9.17) is 4.42 Å². The second-order valence-corrected chi connectivity index (χ2v) is 5.28. The topological polar surface area (TPSA) is 26.0 Å². The van der Waals surface area contributed by atoms with E-state index < -0.39 is 0 Å². The normalized spacial score (nSPS) is 11.4. The Morgan fingerprint density at radius 2 is 1.79 bits per heavy atom. The van der Waals surface area contributed by atoms with Crippen LogP contribution in [0.15, 0.2) is 47.0 Å². The molecule has 2 nitrogen and oxygen atoms in total. The van der Waals surface area contributed by atoms with Gasteiger partial charge in [0.15, 0.2) is 5.58 Å². The van der Waals surface area contributed by atoms with Crippen molar-refractivity contribution in [2.75, 3.05) is 0 Å². The van der Waals surface area contributed by atoms with Crippen molar-refractivity contribution < 1.29 is 4.42 Å². The first-order valence-corrected chi connectivity index (χ1v) is 6.60. The van der Waals surface area contributed by atoms with E-state index in [1.165, 1.54) is 5.56 Å². The molecule has 0 amide bonds. The molecule has 0 aliphatic rings.